The number of hydrogen-bond donors (Lipinski definition) is 1. The van der Waals surface area contributed by atoms with Gasteiger partial charge in [-0.05, 0) is 31.9 Å². The van der Waals surface area contributed by atoms with E-state index in [1.165, 1.54) is 7.11 Å². The molecule has 0 bridgehead atoms. The molecule has 1 unspecified atom stereocenters. The largest absolute Gasteiger partial charge is 0.459 e. The zero-order valence-electron chi connectivity index (χ0n) is 18.3. The van der Waals surface area contributed by atoms with Crippen molar-refractivity contribution >= 4 is 17.8 Å². The lowest BCUT2D eigenvalue weighted by molar-refractivity contribution is -0.171. The number of amides is 1. The van der Waals surface area contributed by atoms with E-state index < -0.39 is 35.6 Å². The summed E-state index contributed by atoms with van der Waals surface area (Å²) in [7, 11) is 1.23. The molecule has 1 N–H and O–H groups in total. The molecule has 0 saturated heterocycles. The maximum absolute atomic E-state index is 12.8. The van der Waals surface area contributed by atoms with Crippen molar-refractivity contribution in [3.63, 3.8) is 0 Å². The molecular formula is C24H29NO6. The molecule has 0 spiro atoms. The second-order valence-corrected chi connectivity index (χ2v) is 7.99. The first-order valence-electron chi connectivity index (χ1n) is 10.00. The fourth-order valence-corrected chi connectivity index (χ4v) is 2.79. The zero-order chi connectivity index (χ0) is 22.9. The predicted molar refractivity (Wildman–Crippen MR) is 115 cm³/mol. The first-order valence-corrected chi connectivity index (χ1v) is 10.00. The van der Waals surface area contributed by atoms with Crippen molar-refractivity contribution in [3.8, 4) is 0 Å². The highest BCUT2D eigenvalue weighted by Gasteiger charge is 2.34. The van der Waals surface area contributed by atoms with E-state index in [4.69, 9.17) is 14.2 Å². The van der Waals surface area contributed by atoms with Crippen LogP contribution < -0.4 is 5.32 Å². The van der Waals surface area contributed by atoms with Gasteiger partial charge in [0.15, 0.2) is 0 Å². The molecule has 31 heavy (non-hydrogen) atoms. The lowest BCUT2D eigenvalue weighted by atomic mass is 10.1. The van der Waals surface area contributed by atoms with Crippen molar-refractivity contribution in [1.29, 1.82) is 0 Å². The van der Waals surface area contributed by atoms with Crippen LogP contribution >= 0.6 is 0 Å². The minimum atomic E-state index is -1.50. The van der Waals surface area contributed by atoms with Gasteiger partial charge in [-0.15, -0.1) is 0 Å². The molecular weight excluding hydrogens is 398 g/mol. The third-order valence-electron chi connectivity index (χ3n) is 4.20. The number of nitrogens with one attached hydrogen (secondary N) is 1. The maximum Gasteiger partial charge on any atom is 0.345 e. The molecule has 7 nitrogen and oxygen atoms in total. The standard InChI is InChI=1S/C24H29NO6/c1-24(2,3)31-23(28)20(29-4)21(26)25-19(15-17-11-7-5-8-12-17)22(27)30-16-18-13-9-6-10-14-18/h5-14,19-20H,15-16H2,1-4H3,(H,25,26)/t19-,20?/m0/s1. The van der Waals surface area contributed by atoms with Gasteiger partial charge in [-0.2, -0.15) is 0 Å². The van der Waals surface area contributed by atoms with Gasteiger partial charge in [-0.25, -0.2) is 9.59 Å². The van der Waals surface area contributed by atoms with Crippen LogP contribution in [-0.4, -0.2) is 42.7 Å². The Balaban J connectivity index is 2.12. The van der Waals surface area contributed by atoms with E-state index in [2.05, 4.69) is 5.32 Å². The minimum absolute atomic E-state index is 0.0700. The number of hydrogen-bond acceptors (Lipinski definition) is 6. The third-order valence-corrected chi connectivity index (χ3v) is 4.20. The van der Waals surface area contributed by atoms with Gasteiger partial charge in [-0.1, -0.05) is 60.7 Å². The quantitative estimate of drug-likeness (QED) is 0.489. The van der Waals surface area contributed by atoms with Crippen LogP contribution in [0.25, 0.3) is 0 Å². The van der Waals surface area contributed by atoms with Crippen molar-refractivity contribution in [2.24, 2.45) is 0 Å². The number of rotatable bonds is 9. The average molecular weight is 427 g/mol. The summed E-state index contributed by atoms with van der Waals surface area (Å²) in [6, 6.07) is 17.4. The number of esters is 2. The van der Waals surface area contributed by atoms with E-state index in [0.717, 1.165) is 11.1 Å². The molecule has 0 saturated carbocycles. The van der Waals surface area contributed by atoms with Gasteiger partial charge < -0.3 is 19.5 Å². The number of ether oxygens (including phenoxy) is 3. The molecule has 0 radical (unpaired) electrons. The molecule has 2 aromatic carbocycles. The van der Waals surface area contributed by atoms with Crippen molar-refractivity contribution in [2.45, 2.75) is 51.5 Å². The highest BCUT2D eigenvalue weighted by atomic mass is 16.6. The zero-order valence-corrected chi connectivity index (χ0v) is 18.3. The maximum atomic E-state index is 12.8. The number of benzene rings is 2. The van der Waals surface area contributed by atoms with Gasteiger partial charge >= 0.3 is 11.9 Å². The normalized spacial score (nSPS) is 13.0. The van der Waals surface area contributed by atoms with Crippen LogP contribution in [-0.2, 0) is 41.6 Å². The van der Waals surface area contributed by atoms with E-state index in [0.29, 0.717) is 0 Å². The van der Waals surface area contributed by atoms with Crippen LogP contribution in [0.5, 0.6) is 0 Å². The summed E-state index contributed by atoms with van der Waals surface area (Å²) >= 11 is 0. The SMILES string of the molecule is COC(C(=O)N[C@@H](Cc1ccccc1)C(=O)OCc1ccccc1)C(=O)OC(C)(C)C. The van der Waals surface area contributed by atoms with E-state index in [-0.39, 0.29) is 13.0 Å². The monoisotopic (exact) mass is 427 g/mol. The van der Waals surface area contributed by atoms with Crippen LogP contribution in [0.3, 0.4) is 0 Å². The second kappa shape index (κ2) is 11.3. The summed E-state index contributed by atoms with van der Waals surface area (Å²) < 4.78 is 15.7. The van der Waals surface area contributed by atoms with Crippen LogP contribution in [0.1, 0.15) is 31.9 Å². The van der Waals surface area contributed by atoms with Crippen molar-refractivity contribution in [2.75, 3.05) is 7.11 Å². The first kappa shape index (κ1) is 24.1. The topological polar surface area (TPSA) is 90.9 Å². The Bertz CT molecular complexity index is 861. The lowest BCUT2D eigenvalue weighted by Crippen LogP contribution is -2.51. The lowest BCUT2D eigenvalue weighted by Gasteiger charge is -2.24. The summed E-state index contributed by atoms with van der Waals surface area (Å²) in [5, 5.41) is 2.58. The molecule has 2 rings (SSSR count). The van der Waals surface area contributed by atoms with Crippen LogP contribution in [0.15, 0.2) is 60.7 Å². The van der Waals surface area contributed by atoms with Crippen LogP contribution in [0.2, 0.25) is 0 Å². The van der Waals surface area contributed by atoms with Gasteiger partial charge in [0.25, 0.3) is 5.91 Å². The number of methoxy groups -OCH3 is 1. The smallest absolute Gasteiger partial charge is 0.345 e. The number of carbonyl (C=O) groups excluding carboxylic acids is 3. The Labute approximate surface area is 182 Å². The van der Waals surface area contributed by atoms with Gasteiger partial charge in [0.2, 0.25) is 6.10 Å². The molecule has 2 atom stereocenters. The Morgan fingerprint density at radius 3 is 1.94 bits per heavy atom. The van der Waals surface area contributed by atoms with Gasteiger partial charge in [-0.3, -0.25) is 4.79 Å². The fraction of sp³-hybridized carbons (Fsp3) is 0.375. The Kier molecular flexibility index (Phi) is 8.75. The summed E-state index contributed by atoms with van der Waals surface area (Å²) in [4.78, 5) is 37.8. The van der Waals surface area contributed by atoms with E-state index >= 15 is 0 Å². The molecule has 166 valence electrons. The first-order chi connectivity index (χ1) is 14.7. The molecule has 0 aliphatic carbocycles. The molecule has 0 fully saturated rings. The summed E-state index contributed by atoms with van der Waals surface area (Å²) in [5.74, 6) is -2.21. The Hall–Kier alpha value is -3.19. The van der Waals surface area contributed by atoms with E-state index in [9.17, 15) is 14.4 Å². The van der Waals surface area contributed by atoms with Crippen LogP contribution in [0, 0.1) is 0 Å². The van der Waals surface area contributed by atoms with E-state index in [1.54, 1.807) is 20.8 Å². The molecule has 0 aliphatic rings. The van der Waals surface area contributed by atoms with Crippen molar-refractivity contribution < 1.29 is 28.6 Å². The van der Waals surface area contributed by atoms with Crippen molar-refractivity contribution in [3.05, 3.63) is 71.8 Å². The second-order valence-electron chi connectivity index (χ2n) is 7.99. The highest BCUT2D eigenvalue weighted by molar-refractivity contribution is 6.02. The molecule has 0 heterocycles. The number of carbonyl (C=O) groups is 3. The molecule has 0 aliphatic heterocycles. The molecule has 2 aromatic rings. The molecule has 0 aromatic heterocycles. The van der Waals surface area contributed by atoms with Crippen LogP contribution in [0.4, 0.5) is 0 Å². The van der Waals surface area contributed by atoms with Gasteiger partial charge in [0.05, 0.1) is 0 Å². The average Bonchev–Trinajstić information content (AvgIpc) is 2.72. The predicted octanol–water partition coefficient (Wildman–Crippen LogP) is 2.81. The Morgan fingerprint density at radius 1 is 0.871 bits per heavy atom. The van der Waals surface area contributed by atoms with Gasteiger partial charge in [0, 0.05) is 13.5 Å². The molecule has 1 amide bonds. The summed E-state index contributed by atoms with van der Waals surface area (Å²) in [6.07, 6.45) is -1.30. The highest BCUT2D eigenvalue weighted by Crippen LogP contribution is 2.11. The molecule has 7 heteroatoms. The summed E-state index contributed by atoms with van der Waals surface area (Å²) in [6.45, 7) is 5.14. The fourth-order valence-electron chi connectivity index (χ4n) is 2.79. The third kappa shape index (κ3) is 8.22. The van der Waals surface area contributed by atoms with Crippen molar-refractivity contribution in [1.82, 2.24) is 5.32 Å². The Morgan fingerprint density at radius 2 is 1.42 bits per heavy atom. The van der Waals surface area contributed by atoms with E-state index in [1.807, 2.05) is 60.7 Å². The van der Waals surface area contributed by atoms with Gasteiger partial charge in [0.1, 0.15) is 18.2 Å². The summed E-state index contributed by atoms with van der Waals surface area (Å²) in [5.41, 5.74) is 0.867. The minimum Gasteiger partial charge on any atom is -0.459 e.